The van der Waals surface area contributed by atoms with Crippen molar-refractivity contribution in [2.75, 3.05) is 4.72 Å². The van der Waals surface area contributed by atoms with Crippen molar-refractivity contribution in [3.8, 4) is 0 Å². The summed E-state index contributed by atoms with van der Waals surface area (Å²) >= 11 is 0. The van der Waals surface area contributed by atoms with E-state index < -0.39 is 27.3 Å². The molecule has 0 radical (unpaired) electrons. The summed E-state index contributed by atoms with van der Waals surface area (Å²) in [7, 11) is -4.10. The third kappa shape index (κ3) is 2.58. The van der Waals surface area contributed by atoms with Gasteiger partial charge in [-0.1, -0.05) is 6.07 Å². The minimum absolute atomic E-state index is 0.139. The van der Waals surface area contributed by atoms with Crippen LogP contribution in [0.15, 0.2) is 23.4 Å². The van der Waals surface area contributed by atoms with Gasteiger partial charge in [0.25, 0.3) is 10.0 Å². The van der Waals surface area contributed by atoms with Crippen molar-refractivity contribution in [2.24, 2.45) is 0 Å². The van der Waals surface area contributed by atoms with Crippen molar-refractivity contribution in [3.05, 3.63) is 41.4 Å². The number of H-pyrrole nitrogens is 1. The molecule has 2 aromatic rings. The number of halogens is 2. The number of aromatic nitrogens is 2. The van der Waals surface area contributed by atoms with Gasteiger partial charge in [-0.25, -0.2) is 13.8 Å². The maximum atomic E-state index is 13.7. The average Bonchev–Trinajstić information content (AvgIpc) is 2.77. The van der Waals surface area contributed by atoms with Crippen molar-refractivity contribution in [3.63, 3.8) is 0 Å². The molecule has 0 fully saturated rings. The lowest BCUT2D eigenvalue weighted by Gasteiger charge is -2.09. The van der Waals surface area contributed by atoms with Crippen LogP contribution in [0.25, 0.3) is 0 Å². The third-order valence-electron chi connectivity index (χ3n) is 2.49. The Hall–Kier alpha value is -1.96. The molecule has 0 aliphatic heterocycles. The van der Waals surface area contributed by atoms with Crippen LogP contribution in [0.3, 0.4) is 0 Å². The molecule has 0 aliphatic rings. The van der Waals surface area contributed by atoms with Gasteiger partial charge in [0.2, 0.25) is 0 Å². The Morgan fingerprint density at radius 3 is 2.53 bits per heavy atom. The molecule has 1 aromatic heterocycles. The first kappa shape index (κ1) is 13.5. The van der Waals surface area contributed by atoms with Gasteiger partial charge < -0.3 is 4.98 Å². The van der Waals surface area contributed by atoms with Gasteiger partial charge in [0, 0.05) is 0 Å². The topological polar surface area (TPSA) is 74.8 Å². The summed E-state index contributed by atoms with van der Waals surface area (Å²) in [6.45, 7) is 2.97. The molecule has 8 heteroatoms. The highest BCUT2D eigenvalue weighted by atomic mass is 32.2. The molecular formula is C11H11F2N3O2S. The van der Waals surface area contributed by atoms with Crippen molar-refractivity contribution < 1.29 is 17.2 Å². The molecule has 0 saturated heterocycles. The quantitative estimate of drug-likeness (QED) is 0.907. The molecule has 1 aromatic carbocycles. The van der Waals surface area contributed by atoms with E-state index in [0.29, 0.717) is 5.82 Å². The lowest BCUT2D eigenvalue weighted by Crippen LogP contribution is -2.16. The summed E-state index contributed by atoms with van der Waals surface area (Å²) in [5.41, 5.74) is -0.563. The zero-order valence-electron chi connectivity index (χ0n) is 10.2. The number of aromatic amines is 1. The molecule has 2 N–H and O–H groups in total. The van der Waals surface area contributed by atoms with Crippen LogP contribution in [-0.4, -0.2) is 18.4 Å². The van der Waals surface area contributed by atoms with Crippen LogP contribution >= 0.6 is 0 Å². The number of nitrogens with one attached hydrogen (secondary N) is 2. The maximum absolute atomic E-state index is 13.7. The number of imidazole rings is 1. The molecule has 19 heavy (non-hydrogen) atoms. The summed E-state index contributed by atoms with van der Waals surface area (Å²) in [4.78, 5) is 6.21. The standard InChI is InChI=1S/C11H11F2N3O2S/c1-6-3-4-8(12)11(10(6)13)16-19(17,18)9-5-14-7(2)15-9/h3-5,16H,1-2H3,(H,14,15). The number of hydrogen-bond acceptors (Lipinski definition) is 3. The highest BCUT2D eigenvalue weighted by Crippen LogP contribution is 2.24. The smallest absolute Gasteiger partial charge is 0.279 e. The minimum Gasteiger partial charge on any atom is -0.332 e. The van der Waals surface area contributed by atoms with E-state index in [1.165, 1.54) is 13.0 Å². The molecule has 1 heterocycles. The van der Waals surface area contributed by atoms with E-state index in [2.05, 4.69) is 9.97 Å². The Labute approximate surface area is 108 Å². The van der Waals surface area contributed by atoms with E-state index >= 15 is 0 Å². The van der Waals surface area contributed by atoms with Gasteiger partial charge in [-0.15, -0.1) is 0 Å². The van der Waals surface area contributed by atoms with Gasteiger partial charge in [0.15, 0.2) is 10.8 Å². The van der Waals surface area contributed by atoms with E-state index in [4.69, 9.17) is 0 Å². The van der Waals surface area contributed by atoms with E-state index in [0.717, 1.165) is 12.3 Å². The number of sulfonamides is 1. The second-order valence-electron chi connectivity index (χ2n) is 3.99. The minimum atomic E-state index is -4.10. The summed E-state index contributed by atoms with van der Waals surface area (Å²) < 4.78 is 52.9. The predicted molar refractivity (Wildman–Crippen MR) is 65.2 cm³/mol. The van der Waals surface area contributed by atoms with Crippen LogP contribution in [-0.2, 0) is 10.0 Å². The normalized spacial score (nSPS) is 11.6. The second-order valence-corrected chi connectivity index (χ2v) is 5.64. The first-order valence-electron chi connectivity index (χ1n) is 5.30. The molecule has 0 saturated carbocycles. The molecule has 2 rings (SSSR count). The zero-order valence-corrected chi connectivity index (χ0v) is 11.0. The number of anilines is 1. The molecule has 102 valence electrons. The van der Waals surface area contributed by atoms with Gasteiger partial charge in [0.05, 0.1) is 6.20 Å². The van der Waals surface area contributed by atoms with Crippen molar-refractivity contribution in [2.45, 2.75) is 18.9 Å². The lowest BCUT2D eigenvalue weighted by atomic mass is 10.2. The molecule has 0 unspecified atom stereocenters. The number of nitrogens with zero attached hydrogens (tertiary/aromatic N) is 1. The SMILES string of the molecule is Cc1ncc(S(=O)(=O)Nc2c(F)ccc(C)c2F)[nH]1. The van der Waals surface area contributed by atoms with Crippen LogP contribution in [0.5, 0.6) is 0 Å². The second kappa shape index (κ2) is 4.61. The summed E-state index contributed by atoms with van der Waals surface area (Å²) in [5, 5.41) is -0.259. The van der Waals surface area contributed by atoms with Crippen LogP contribution in [0.4, 0.5) is 14.5 Å². The molecule has 0 amide bonds. The Morgan fingerprint density at radius 2 is 1.95 bits per heavy atom. The molecule has 0 aliphatic carbocycles. The van der Waals surface area contributed by atoms with Gasteiger partial charge in [-0.05, 0) is 25.5 Å². The Kier molecular flexibility index (Phi) is 3.27. The van der Waals surface area contributed by atoms with E-state index in [1.807, 2.05) is 4.72 Å². The van der Waals surface area contributed by atoms with Crippen molar-refractivity contribution in [1.82, 2.24) is 9.97 Å². The summed E-state index contributed by atoms with van der Waals surface area (Å²) in [5.74, 6) is -1.55. The average molecular weight is 287 g/mol. The van der Waals surface area contributed by atoms with E-state index in [9.17, 15) is 17.2 Å². The van der Waals surface area contributed by atoms with Crippen LogP contribution in [0, 0.1) is 25.5 Å². The fraction of sp³-hybridized carbons (Fsp3) is 0.182. The molecule has 0 spiro atoms. The van der Waals surface area contributed by atoms with E-state index in [1.54, 1.807) is 6.92 Å². The van der Waals surface area contributed by atoms with Crippen LogP contribution in [0.2, 0.25) is 0 Å². The van der Waals surface area contributed by atoms with Crippen LogP contribution in [0.1, 0.15) is 11.4 Å². The van der Waals surface area contributed by atoms with Gasteiger partial charge >= 0.3 is 0 Å². The highest BCUT2D eigenvalue weighted by molar-refractivity contribution is 7.92. The molecule has 5 nitrogen and oxygen atoms in total. The Bertz CT molecular complexity index is 726. The van der Waals surface area contributed by atoms with E-state index in [-0.39, 0.29) is 10.6 Å². The lowest BCUT2D eigenvalue weighted by molar-refractivity contribution is 0.578. The summed E-state index contributed by atoms with van der Waals surface area (Å²) in [6.07, 6.45) is 1.07. The first-order valence-corrected chi connectivity index (χ1v) is 6.78. The first-order chi connectivity index (χ1) is 8.81. The largest absolute Gasteiger partial charge is 0.332 e. The van der Waals surface area contributed by atoms with Crippen molar-refractivity contribution >= 4 is 15.7 Å². The maximum Gasteiger partial charge on any atom is 0.279 e. The number of benzene rings is 1. The van der Waals surface area contributed by atoms with Crippen molar-refractivity contribution in [1.29, 1.82) is 0 Å². The number of hydrogen-bond donors (Lipinski definition) is 2. The van der Waals surface area contributed by atoms with Gasteiger partial charge in [-0.3, -0.25) is 4.72 Å². The third-order valence-corrected chi connectivity index (χ3v) is 3.75. The fourth-order valence-corrected chi connectivity index (χ4v) is 2.51. The highest BCUT2D eigenvalue weighted by Gasteiger charge is 2.21. The number of aryl methyl sites for hydroxylation is 2. The van der Waals surface area contributed by atoms with Crippen LogP contribution < -0.4 is 4.72 Å². The Balaban J connectivity index is 2.44. The fourth-order valence-electron chi connectivity index (χ4n) is 1.47. The molecular weight excluding hydrogens is 276 g/mol. The predicted octanol–water partition coefficient (Wildman–Crippen LogP) is 2.11. The molecule has 0 bridgehead atoms. The Morgan fingerprint density at radius 1 is 1.26 bits per heavy atom. The molecule has 0 atom stereocenters. The number of rotatable bonds is 3. The van der Waals surface area contributed by atoms with Gasteiger partial charge in [0.1, 0.15) is 17.3 Å². The summed E-state index contributed by atoms with van der Waals surface area (Å²) in [6, 6.07) is 2.22. The van der Waals surface area contributed by atoms with Gasteiger partial charge in [-0.2, -0.15) is 8.42 Å². The zero-order chi connectivity index (χ0) is 14.2. The monoisotopic (exact) mass is 287 g/mol.